The van der Waals surface area contributed by atoms with Crippen molar-refractivity contribution in [3.63, 3.8) is 0 Å². The molecule has 3 nitrogen and oxygen atoms in total. The second-order valence-electron chi connectivity index (χ2n) is 5.21. The van der Waals surface area contributed by atoms with Gasteiger partial charge in [-0.25, -0.2) is 4.79 Å². The molecule has 3 heteroatoms. The summed E-state index contributed by atoms with van der Waals surface area (Å²) in [5, 5.41) is 8.64. The van der Waals surface area contributed by atoms with Gasteiger partial charge in [0.25, 0.3) is 0 Å². The van der Waals surface area contributed by atoms with Crippen LogP contribution >= 0.6 is 0 Å². The quantitative estimate of drug-likeness (QED) is 0.402. The first kappa shape index (κ1) is 19.0. The van der Waals surface area contributed by atoms with Crippen LogP contribution in [0.5, 0.6) is 0 Å². The van der Waals surface area contributed by atoms with Crippen LogP contribution in [0, 0.1) is 11.8 Å². The first-order chi connectivity index (χ1) is 9.68. The molecule has 0 aliphatic rings. The van der Waals surface area contributed by atoms with E-state index in [1.807, 2.05) is 6.92 Å². The van der Waals surface area contributed by atoms with Crippen LogP contribution < -0.4 is 0 Å². The minimum absolute atomic E-state index is 0.561. The highest BCUT2D eigenvalue weighted by Gasteiger charge is 2.09. The standard InChI is InChI=1S/C17H30O3/c1-3-4-5-6-7-8-9-10-11-12-13-14-15-20-16(2)17(18)19/h16H,5-15H2,1-2H3,(H,18,19). The van der Waals surface area contributed by atoms with Gasteiger partial charge in [-0.3, -0.25) is 0 Å². The number of carbonyl (C=O) groups is 1. The first-order valence-electron chi connectivity index (χ1n) is 7.92. The lowest BCUT2D eigenvalue weighted by atomic mass is 10.1. The molecule has 0 rings (SSSR count). The fourth-order valence-corrected chi connectivity index (χ4v) is 2.01. The molecule has 0 aliphatic carbocycles. The third kappa shape index (κ3) is 13.4. The number of carboxylic acid groups (broad SMARTS) is 1. The van der Waals surface area contributed by atoms with E-state index in [1.165, 1.54) is 44.9 Å². The Labute approximate surface area is 124 Å². The van der Waals surface area contributed by atoms with Gasteiger partial charge in [0, 0.05) is 13.0 Å². The Morgan fingerprint density at radius 3 is 2.00 bits per heavy atom. The average Bonchev–Trinajstić information content (AvgIpc) is 2.43. The number of hydrogen-bond donors (Lipinski definition) is 1. The molecule has 0 aromatic rings. The molecule has 1 atom stereocenters. The Balaban J connectivity index is 3.09. The molecule has 20 heavy (non-hydrogen) atoms. The fraction of sp³-hybridized carbons (Fsp3) is 0.824. The second kappa shape index (κ2) is 14.4. The number of hydrogen-bond acceptors (Lipinski definition) is 2. The molecule has 1 N–H and O–H groups in total. The van der Waals surface area contributed by atoms with Gasteiger partial charge in [0.1, 0.15) is 0 Å². The molecule has 1 unspecified atom stereocenters. The second-order valence-corrected chi connectivity index (χ2v) is 5.21. The van der Waals surface area contributed by atoms with E-state index < -0.39 is 12.1 Å². The van der Waals surface area contributed by atoms with E-state index in [9.17, 15) is 4.79 Å². The zero-order chi connectivity index (χ0) is 15.1. The minimum Gasteiger partial charge on any atom is -0.479 e. The Hall–Kier alpha value is -1.01. The molecule has 0 aromatic heterocycles. The largest absolute Gasteiger partial charge is 0.479 e. The van der Waals surface area contributed by atoms with E-state index in [2.05, 4.69) is 11.8 Å². The molecule has 0 bridgehead atoms. The van der Waals surface area contributed by atoms with Crippen molar-refractivity contribution in [1.29, 1.82) is 0 Å². The molecule has 0 aromatic carbocycles. The summed E-state index contributed by atoms with van der Waals surface area (Å²) in [5.41, 5.74) is 0. The Bertz CT molecular complexity index is 288. The van der Waals surface area contributed by atoms with E-state index in [0.717, 1.165) is 19.3 Å². The van der Waals surface area contributed by atoms with Gasteiger partial charge in [-0.15, -0.1) is 11.8 Å². The van der Waals surface area contributed by atoms with Crippen molar-refractivity contribution >= 4 is 5.97 Å². The van der Waals surface area contributed by atoms with Crippen LogP contribution in [0.25, 0.3) is 0 Å². The maximum Gasteiger partial charge on any atom is 0.332 e. The van der Waals surface area contributed by atoms with E-state index in [0.29, 0.717) is 6.61 Å². The first-order valence-corrected chi connectivity index (χ1v) is 7.92. The maximum absolute atomic E-state index is 10.5. The third-order valence-corrected chi connectivity index (χ3v) is 3.34. The van der Waals surface area contributed by atoms with Gasteiger partial charge in [0.15, 0.2) is 6.10 Å². The molecule has 0 heterocycles. The van der Waals surface area contributed by atoms with E-state index in [-0.39, 0.29) is 0 Å². The SMILES string of the molecule is CC#CCCCCCCCCCCCOC(C)C(=O)O. The predicted octanol–water partition coefficient (Wildman–Crippen LogP) is 4.40. The Kier molecular flexibility index (Phi) is 13.7. The lowest BCUT2D eigenvalue weighted by Crippen LogP contribution is -2.20. The van der Waals surface area contributed by atoms with Gasteiger partial charge in [-0.05, 0) is 26.7 Å². The maximum atomic E-state index is 10.5. The van der Waals surface area contributed by atoms with E-state index in [1.54, 1.807) is 6.92 Å². The van der Waals surface area contributed by atoms with Gasteiger partial charge in [-0.1, -0.05) is 44.9 Å². The van der Waals surface area contributed by atoms with Crippen molar-refractivity contribution in [2.45, 2.75) is 84.2 Å². The van der Waals surface area contributed by atoms with Crippen LogP contribution in [0.2, 0.25) is 0 Å². The summed E-state index contributed by atoms with van der Waals surface area (Å²) in [5.74, 6) is 5.14. The number of carboxylic acids is 1. The highest BCUT2D eigenvalue weighted by atomic mass is 16.5. The summed E-state index contributed by atoms with van der Waals surface area (Å²) >= 11 is 0. The molecule has 0 saturated carbocycles. The topological polar surface area (TPSA) is 46.5 Å². The van der Waals surface area contributed by atoms with Crippen LogP contribution in [0.1, 0.15) is 78.1 Å². The zero-order valence-electron chi connectivity index (χ0n) is 13.1. The predicted molar refractivity (Wildman–Crippen MR) is 82.7 cm³/mol. The minimum atomic E-state index is -0.880. The summed E-state index contributed by atoms with van der Waals surface area (Å²) in [4.78, 5) is 10.5. The molecule has 0 amide bonds. The van der Waals surface area contributed by atoms with Crippen LogP contribution in [0.3, 0.4) is 0 Å². The summed E-state index contributed by atoms with van der Waals surface area (Å²) < 4.78 is 5.18. The lowest BCUT2D eigenvalue weighted by molar-refractivity contribution is -0.149. The molecule has 0 fully saturated rings. The monoisotopic (exact) mass is 282 g/mol. The molecule has 0 aliphatic heterocycles. The van der Waals surface area contributed by atoms with Gasteiger partial charge < -0.3 is 9.84 Å². The van der Waals surface area contributed by atoms with E-state index in [4.69, 9.17) is 9.84 Å². The average molecular weight is 282 g/mol. The lowest BCUT2D eigenvalue weighted by Gasteiger charge is -2.07. The van der Waals surface area contributed by atoms with Crippen molar-refractivity contribution < 1.29 is 14.6 Å². The van der Waals surface area contributed by atoms with Gasteiger partial charge >= 0.3 is 5.97 Å². The fourth-order valence-electron chi connectivity index (χ4n) is 2.01. The number of rotatable bonds is 13. The zero-order valence-corrected chi connectivity index (χ0v) is 13.1. The highest BCUT2D eigenvalue weighted by Crippen LogP contribution is 2.10. The Morgan fingerprint density at radius 1 is 1.00 bits per heavy atom. The van der Waals surface area contributed by atoms with Gasteiger partial charge in [0.2, 0.25) is 0 Å². The van der Waals surface area contributed by atoms with Crippen molar-refractivity contribution in [3.8, 4) is 11.8 Å². The Morgan fingerprint density at radius 2 is 1.50 bits per heavy atom. The highest BCUT2D eigenvalue weighted by molar-refractivity contribution is 5.71. The molecular formula is C17H30O3. The molecule has 0 saturated heterocycles. The normalized spacial score (nSPS) is 11.7. The van der Waals surface area contributed by atoms with Crippen molar-refractivity contribution in [3.05, 3.63) is 0 Å². The number of ether oxygens (including phenoxy) is 1. The van der Waals surface area contributed by atoms with Crippen LogP contribution in [0.15, 0.2) is 0 Å². The van der Waals surface area contributed by atoms with Gasteiger partial charge in [0.05, 0.1) is 0 Å². The van der Waals surface area contributed by atoms with Crippen molar-refractivity contribution in [2.75, 3.05) is 6.61 Å². The summed E-state index contributed by atoms with van der Waals surface area (Å²) in [7, 11) is 0. The van der Waals surface area contributed by atoms with Crippen molar-refractivity contribution in [1.82, 2.24) is 0 Å². The smallest absolute Gasteiger partial charge is 0.332 e. The number of unbranched alkanes of at least 4 members (excludes halogenated alkanes) is 9. The molecule has 116 valence electrons. The van der Waals surface area contributed by atoms with Crippen LogP contribution in [0.4, 0.5) is 0 Å². The summed E-state index contributed by atoms with van der Waals surface area (Å²) in [6.45, 7) is 4.04. The van der Waals surface area contributed by atoms with E-state index >= 15 is 0 Å². The molecule has 0 spiro atoms. The summed E-state index contributed by atoms with van der Waals surface area (Å²) in [6, 6.07) is 0. The van der Waals surface area contributed by atoms with Crippen LogP contribution in [-0.4, -0.2) is 23.8 Å². The van der Waals surface area contributed by atoms with Crippen LogP contribution in [-0.2, 0) is 9.53 Å². The molecular weight excluding hydrogens is 252 g/mol. The number of aliphatic carboxylic acids is 1. The molecule has 0 radical (unpaired) electrons. The summed E-state index contributed by atoms with van der Waals surface area (Å²) in [6.07, 6.45) is 11.5. The third-order valence-electron chi connectivity index (χ3n) is 3.34. The van der Waals surface area contributed by atoms with Crippen molar-refractivity contribution in [2.24, 2.45) is 0 Å². The van der Waals surface area contributed by atoms with Gasteiger partial charge in [-0.2, -0.15) is 0 Å².